The van der Waals surface area contributed by atoms with Crippen LogP contribution in [0.3, 0.4) is 0 Å². The van der Waals surface area contributed by atoms with Crippen molar-refractivity contribution < 1.29 is 18.8 Å². The predicted octanol–water partition coefficient (Wildman–Crippen LogP) is 1.78. The van der Waals surface area contributed by atoms with Gasteiger partial charge in [-0.05, 0) is 13.0 Å². The number of rotatable bonds is 3. The number of nitro benzene ring substituents is 1. The van der Waals surface area contributed by atoms with Gasteiger partial charge in [-0.3, -0.25) is 10.1 Å². The van der Waals surface area contributed by atoms with Crippen LogP contribution < -0.4 is 0 Å². The molecular weight excluding hydrogens is 231 g/mol. The van der Waals surface area contributed by atoms with Gasteiger partial charge in [-0.2, -0.15) is 9.65 Å². The van der Waals surface area contributed by atoms with Gasteiger partial charge < -0.3 is 4.74 Å². The molecule has 6 nitrogen and oxygen atoms in total. The van der Waals surface area contributed by atoms with Gasteiger partial charge in [0.15, 0.2) is 0 Å². The van der Waals surface area contributed by atoms with E-state index in [2.05, 4.69) is 4.74 Å². The Bertz CT molecular complexity index is 522. The summed E-state index contributed by atoms with van der Waals surface area (Å²) in [6, 6.07) is 2.92. The Hall–Kier alpha value is -2.49. The maximum Gasteiger partial charge on any atom is 0.339 e. The van der Waals surface area contributed by atoms with Crippen molar-refractivity contribution in [3.8, 4) is 6.07 Å². The summed E-state index contributed by atoms with van der Waals surface area (Å²) < 4.78 is 17.8. The van der Waals surface area contributed by atoms with E-state index >= 15 is 0 Å². The first-order valence-electron chi connectivity index (χ1n) is 4.56. The van der Waals surface area contributed by atoms with Crippen LogP contribution in [0.2, 0.25) is 0 Å². The number of carbonyl (C=O) groups is 1. The number of hydrogen-bond donors (Lipinski definition) is 0. The average molecular weight is 238 g/mol. The molecule has 0 heterocycles. The molecule has 0 aromatic heterocycles. The minimum atomic E-state index is -1.17. The first kappa shape index (κ1) is 12.6. The monoisotopic (exact) mass is 238 g/mol. The van der Waals surface area contributed by atoms with Crippen LogP contribution in [-0.4, -0.2) is 17.5 Å². The zero-order chi connectivity index (χ0) is 13.0. The molecule has 0 aliphatic heterocycles. The average Bonchev–Trinajstić information content (AvgIpc) is 2.28. The van der Waals surface area contributed by atoms with Gasteiger partial charge in [0.2, 0.25) is 5.82 Å². The Morgan fingerprint density at radius 3 is 2.76 bits per heavy atom. The van der Waals surface area contributed by atoms with Gasteiger partial charge in [0.25, 0.3) is 0 Å². The van der Waals surface area contributed by atoms with Crippen molar-refractivity contribution in [1.82, 2.24) is 0 Å². The molecule has 0 saturated heterocycles. The molecule has 7 heteroatoms. The molecule has 0 amide bonds. The third kappa shape index (κ3) is 2.55. The molecule has 0 unspecified atom stereocenters. The van der Waals surface area contributed by atoms with E-state index in [0.29, 0.717) is 12.1 Å². The number of ether oxygens (including phenoxy) is 1. The lowest BCUT2D eigenvalue weighted by Crippen LogP contribution is -2.08. The maximum atomic E-state index is 13.2. The number of halogens is 1. The zero-order valence-corrected chi connectivity index (χ0v) is 8.77. The van der Waals surface area contributed by atoms with Crippen LogP contribution in [0.25, 0.3) is 0 Å². The Morgan fingerprint density at radius 2 is 2.29 bits per heavy atom. The van der Waals surface area contributed by atoms with Crippen LogP contribution in [-0.2, 0) is 4.74 Å². The van der Waals surface area contributed by atoms with E-state index in [9.17, 15) is 19.3 Å². The number of carbonyl (C=O) groups excluding carboxylic acids is 1. The summed E-state index contributed by atoms with van der Waals surface area (Å²) in [6.07, 6.45) is 0. The third-order valence-electron chi connectivity index (χ3n) is 1.90. The van der Waals surface area contributed by atoms with E-state index in [4.69, 9.17) is 5.26 Å². The SMILES string of the molecule is CCOC(=O)c1cc([N+](=O)[O-])c(F)cc1C#N. The molecule has 0 bridgehead atoms. The summed E-state index contributed by atoms with van der Waals surface area (Å²) in [5.74, 6) is -2.06. The van der Waals surface area contributed by atoms with Gasteiger partial charge in [-0.1, -0.05) is 0 Å². The maximum absolute atomic E-state index is 13.2. The van der Waals surface area contributed by atoms with Gasteiger partial charge in [-0.15, -0.1) is 0 Å². The highest BCUT2D eigenvalue weighted by Gasteiger charge is 2.22. The molecule has 0 fully saturated rings. The largest absolute Gasteiger partial charge is 0.462 e. The van der Waals surface area contributed by atoms with E-state index in [1.165, 1.54) is 0 Å². The molecule has 0 aliphatic carbocycles. The fourth-order valence-electron chi connectivity index (χ4n) is 1.17. The van der Waals surface area contributed by atoms with Crippen LogP contribution in [0.5, 0.6) is 0 Å². The topological polar surface area (TPSA) is 93.2 Å². The van der Waals surface area contributed by atoms with Crippen molar-refractivity contribution in [1.29, 1.82) is 5.26 Å². The second-order valence-electron chi connectivity index (χ2n) is 2.94. The number of benzene rings is 1. The molecule has 88 valence electrons. The zero-order valence-electron chi connectivity index (χ0n) is 8.77. The highest BCUT2D eigenvalue weighted by atomic mass is 19.1. The van der Waals surface area contributed by atoms with Crippen LogP contribution in [0.15, 0.2) is 12.1 Å². The molecule has 0 saturated carbocycles. The van der Waals surface area contributed by atoms with Gasteiger partial charge in [0, 0.05) is 6.07 Å². The lowest BCUT2D eigenvalue weighted by Gasteiger charge is -2.04. The molecular formula is C10H7FN2O4. The van der Waals surface area contributed by atoms with Crippen LogP contribution in [0.1, 0.15) is 22.8 Å². The molecule has 0 N–H and O–H groups in total. The summed E-state index contributed by atoms with van der Waals surface area (Å²) in [5, 5.41) is 19.2. The Morgan fingerprint density at radius 1 is 1.65 bits per heavy atom. The molecule has 0 radical (unpaired) electrons. The second kappa shape index (κ2) is 5.03. The summed E-state index contributed by atoms with van der Waals surface area (Å²) in [6.45, 7) is 1.59. The summed E-state index contributed by atoms with van der Waals surface area (Å²) >= 11 is 0. The highest BCUT2D eigenvalue weighted by Crippen LogP contribution is 2.22. The summed E-state index contributed by atoms with van der Waals surface area (Å²) in [7, 11) is 0. The van der Waals surface area contributed by atoms with Gasteiger partial charge in [0.05, 0.1) is 22.7 Å². The molecule has 0 aliphatic rings. The van der Waals surface area contributed by atoms with Crippen molar-refractivity contribution in [2.45, 2.75) is 6.92 Å². The molecule has 1 aromatic carbocycles. The summed E-state index contributed by atoms with van der Waals surface area (Å²) in [5.41, 5.74) is -1.49. The minimum Gasteiger partial charge on any atom is -0.462 e. The quantitative estimate of drug-likeness (QED) is 0.454. The molecule has 17 heavy (non-hydrogen) atoms. The standard InChI is InChI=1S/C10H7FN2O4/c1-2-17-10(14)7-4-9(13(15)16)8(11)3-6(7)5-12/h3-4H,2H2,1H3. The molecule has 1 aromatic rings. The van der Waals surface area contributed by atoms with E-state index in [1.54, 1.807) is 13.0 Å². The number of nitro groups is 1. The van der Waals surface area contributed by atoms with Crippen molar-refractivity contribution in [2.24, 2.45) is 0 Å². The third-order valence-corrected chi connectivity index (χ3v) is 1.90. The minimum absolute atomic E-state index is 0.0505. The predicted molar refractivity (Wildman–Crippen MR) is 53.7 cm³/mol. The Balaban J connectivity index is 3.37. The fraction of sp³-hybridized carbons (Fsp3) is 0.200. The smallest absolute Gasteiger partial charge is 0.339 e. The number of hydrogen-bond acceptors (Lipinski definition) is 5. The first-order valence-corrected chi connectivity index (χ1v) is 4.56. The number of nitriles is 1. The molecule has 0 atom stereocenters. The second-order valence-corrected chi connectivity index (χ2v) is 2.94. The lowest BCUT2D eigenvalue weighted by molar-refractivity contribution is -0.387. The van der Waals surface area contributed by atoms with Crippen molar-refractivity contribution in [3.05, 3.63) is 39.2 Å². The molecule has 0 spiro atoms. The fourth-order valence-corrected chi connectivity index (χ4v) is 1.17. The van der Waals surface area contributed by atoms with E-state index < -0.39 is 22.4 Å². The van der Waals surface area contributed by atoms with E-state index in [1.807, 2.05) is 0 Å². The van der Waals surface area contributed by atoms with Crippen molar-refractivity contribution in [2.75, 3.05) is 6.61 Å². The van der Waals surface area contributed by atoms with Crippen LogP contribution >= 0.6 is 0 Å². The van der Waals surface area contributed by atoms with Crippen molar-refractivity contribution >= 4 is 11.7 Å². The number of nitrogens with zero attached hydrogens (tertiary/aromatic N) is 2. The van der Waals surface area contributed by atoms with Gasteiger partial charge in [0.1, 0.15) is 6.07 Å². The van der Waals surface area contributed by atoms with Gasteiger partial charge >= 0.3 is 11.7 Å². The van der Waals surface area contributed by atoms with Crippen LogP contribution in [0.4, 0.5) is 10.1 Å². The van der Waals surface area contributed by atoms with Crippen molar-refractivity contribution in [3.63, 3.8) is 0 Å². The Labute approximate surface area is 95.4 Å². The first-order chi connectivity index (χ1) is 8.01. The van der Waals surface area contributed by atoms with Crippen LogP contribution in [0, 0.1) is 27.3 Å². The Kier molecular flexibility index (Phi) is 3.72. The van der Waals surface area contributed by atoms with Gasteiger partial charge in [-0.25, -0.2) is 4.79 Å². The highest BCUT2D eigenvalue weighted by molar-refractivity contribution is 5.93. The number of esters is 1. The lowest BCUT2D eigenvalue weighted by atomic mass is 10.1. The van der Waals surface area contributed by atoms with E-state index in [-0.39, 0.29) is 17.7 Å². The van der Waals surface area contributed by atoms with E-state index in [0.717, 1.165) is 0 Å². The molecule has 1 rings (SSSR count). The summed E-state index contributed by atoms with van der Waals surface area (Å²) in [4.78, 5) is 20.9. The normalized spacial score (nSPS) is 9.47.